The Morgan fingerprint density at radius 1 is 1.14 bits per heavy atom. The molecule has 2 amide bonds. The molecule has 2 aromatic carbocycles. The Bertz CT molecular complexity index is 795. The third-order valence-electron chi connectivity index (χ3n) is 4.43. The largest absolute Gasteiger partial charge is 0.355 e. The van der Waals surface area contributed by atoms with E-state index in [4.69, 9.17) is 11.6 Å². The normalized spacial score (nSPS) is 11.7. The van der Waals surface area contributed by atoms with E-state index < -0.39 is 6.04 Å². The highest BCUT2D eigenvalue weighted by atomic mass is 35.5. The topological polar surface area (TPSA) is 49.4 Å². The summed E-state index contributed by atoms with van der Waals surface area (Å²) in [6.45, 7) is 6.50. The number of hydrogen-bond donors (Lipinski definition) is 1. The molecule has 28 heavy (non-hydrogen) atoms. The van der Waals surface area contributed by atoms with Crippen LogP contribution < -0.4 is 5.32 Å². The summed E-state index contributed by atoms with van der Waals surface area (Å²) in [6, 6.07) is 15.1. The van der Waals surface area contributed by atoms with Gasteiger partial charge in [-0.1, -0.05) is 59.6 Å². The van der Waals surface area contributed by atoms with Crippen molar-refractivity contribution < 1.29 is 9.59 Å². The van der Waals surface area contributed by atoms with E-state index in [1.165, 1.54) is 11.1 Å². The van der Waals surface area contributed by atoms with E-state index in [-0.39, 0.29) is 11.8 Å². The second kappa shape index (κ2) is 11.1. The van der Waals surface area contributed by atoms with Gasteiger partial charge < -0.3 is 10.2 Å². The molecular weight excluding hydrogens is 392 g/mol. The number of rotatable bonds is 9. The second-order valence-electron chi connectivity index (χ2n) is 6.66. The molecule has 6 heteroatoms. The number of thioether (sulfide) groups is 1. The van der Waals surface area contributed by atoms with Crippen LogP contribution in [0, 0.1) is 6.92 Å². The maximum absolute atomic E-state index is 12.9. The fraction of sp³-hybridized carbons (Fsp3) is 0.364. The van der Waals surface area contributed by atoms with Gasteiger partial charge in [-0.3, -0.25) is 9.59 Å². The molecule has 0 saturated heterocycles. The molecule has 0 radical (unpaired) electrons. The molecule has 150 valence electrons. The standard InChI is InChI=1S/C22H27ClN2O2S/c1-4-24-22(27)17(3)25(13-19-7-5-6-8-20(19)23)21(26)15-28-14-18-11-9-16(2)10-12-18/h5-12,17H,4,13-15H2,1-3H3,(H,24,27)/t17-/m1/s1. The zero-order valence-corrected chi connectivity index (χ0v) is 18.1. The van der Waals surface area contributed by atoms with Gasteiger partial charge in [0.05, 0.1) is 5.75 Å². The monoisotopic (exact) mass is 418 g/mol. The molecule has 0 saturated carbocycles. The van der Waals surface area contributed by atoms with Crippen molar-refractivity contribution in [3.63, 3.8) is 0 Å². The number of nitrogens with one attached hydrogen (secondary N) is 1. The number of hydrogen-bond acceptors (Lipinski definition) is 3. The first-order valence-corrected chi connectivity index (χ1v) is 10.9. The van der Waals surface area contributed by atoms with Crippen molar-refractivity contribution in [3.05, 3.63) is 70.2 Å². The van der Waals surface area contributed by atoms with Crippen LogP contribution in [-0.2, 0) is 21.9 Å². The third kappa shape index (κ3) is 6.57. The average Bonchev–Trinajstić information content (AvgIpc) is 2.68. The lowest BCUT2D eigenvalue weighted by Crippen LogP contribution is -2.48. The lowest BCUT2D eigenvalue weighted by molar-refractivity contribution is -0.138. The Labute approximate surface area is 176 Å². The van der Waals surface area contributed by atoms with Gasteiger partial charge in [0.1, 0.15) is 6.04 Å². The van der Waals surface area contributed by atoms with Gasteiger partial charge in [-0.05, 0) is 38.0 Å². The van der Waals surface area contributed by atoms with Gasteiger partial charge >= 0.3 is 0 Å². The number of carbonyl (C=O) groups is 2. The lowest BCUT2D eigenvalue weighted by atomic mass is 10.1. The predicted octanol–water partition coefficient (Wildman–Crippen LogP) is 4.44. The summed E-state index contributed by atoms with van der Waals surface area (Å²) in [7, 11) is 0. The van der Waals surface area contributed by atoms with Crippen molar-refractivity contribution in [2.75, 3.05) is 12.3 Å². The molecule has 0 aliphatic rings. The van der Waals surface area contributed by atoms with Crippen molar-refractivity contribution >= 4 is 35.2 Å². The van der Waals surface area contributed by atoms with Gasteiger partial charge in [-0.15, -0.1) is 11.8 Å². The number of nitrogens with zero attached hydrogens (tertiary/aromatic N) is 1. The van der Waals surface area contributed by atoms with E-state index in [0.717, 1.165) is 11.3 Å². The second-order valence-corrected chi connectivity index (χ2v) is 8.05. The van der Waals surface area contributed by atoms with Crippen LogP contribution in [0.1, 0.15) is 30.5 Å². The van der Waals surface area contributed by atoms with Crippen LogP contribution in [0.15, 0.2) is 48.5 Å². The number of halogens is 1. The fourth-order valence-corrected chi connectivity index (χ4v) is 3.80. The third-order valence-corrected chi connectivity index (χ3v) is 5.79. The number of amides is 2. The molecule has 0 bridgehead atoms. The minimum atomic E-state index is -0.566. The van der Waals surface area contributed by atoms with E-state index in [2.05, 4.69) is 36.5 Å². The van der Waals surface area contributed by atoms with Gasteiger partial charge in [0, 0.05) is 23.9 Å². The molecule has 0 spiro atoms. The quantitative estimate of drug-likeness (QED) is 0.655. The summed E-state index contributed by atoms with van der Waals surface area (Å²) in [6.07, 6.45) is 0. The Morgan fingerprint density at radius 2 is 1.82 bits per heavy atom. The van der Waals surface area contributed by atoms with E-state index in [1.807, 2.05) is 25.1 Å². The summed E-state index contributed by atoms with van der Waals surface area (Å²) in [5.41, 5.74) is 3.22. The molecule has 0 aromatic heterocycles. The number of aryl methyl sites for hydroxylation is 1. The first-order valence-electron chi connectivity index (χ1n) is 9.36. The minimum absolute atomic E-state index is 0.0733. The van der Waals surface area contributed by atoms with Crippen molar-refractivity contribution in [1.82, 2.24) is 10.2 Å². The van der Waals surface area contributed by atoms with Crippen molar-refractivity contribution in [1.29, 1.82) is 0 Å². The smallest absolute Gasteiger partial charge is 0.242 e. The van der Waals surface area contributed by atoms with Crippen LogP contribution >= 0.6 is 23.4 Å². The molecule has 1 atom stereocenters. The first kappa shape index (κ1) is 22.3. The molecule has 0 aliphatic carbocycles. The summed E-state index contributed by atoms with van der Waals surface area (Å²) < 4.78 is 0. The highest BCUT2D eigenvalue weighted by Gasteiger charge is 2.26. The predicted molar refractivity (Wildman–Crippen MR) is 117 cm³/mol. The molecule has 0 heterocycles. The fourth-order valence-electron chi connectivity index (χ4n) is 2.74. The van der Waals surface area contributed by atoms with E-state index in [1.54, 1.807) is 29.7 Å². The Morgan fingerprint density at radius 3 is 2.46 bits per heavy atom. The van der Waals surface area contributed by atoms with Gasteiger partial charge in [0.25, 0.3) is 0 Å². The van der Waals surface area contributed by atoms with Gasteiger partial charge in [-0.25, -0.2) is 0 Å². The van der Waals surface area contributed by atoms with Gasteiger partial charge in [0.15, 0.2) is 0 Å². The van der Waals surface area contributed by atoms with Crippen LogP contribution in [0.25, 0.3) is 0 Å². The maximum atomic E-state index is 12.9. The highest BCUT2D eigenvalue weighted by molar-refractivity contribution is 7.99. The zero-order chi connectivity index (χ0) is 20.5. The van der Waals surface area contributed by atoms with Crippen LogP contribution in [0.5, 0.6) is 0 Å². The summed E-state index contributed by atoms with van der Waals surface area (Å²) in [5, 5.41) is 3.39. The Kier molecular flexibility index (Phi) is 8.87. The van der Waals surface area contributed by atoms with E-state index in [0.29, 0.717) is 23.9 Å². The summed E-state index contributed by atoms with van der Waals surface area (Å²) in [5.74, 6) is 0.825. The van der Waals surface area contributed by atoms with E-state index in [9.17, 15) is 9.59 Å². The number of benzene rings is 2. The lowest BCUT2D eigenvalue weighted by Gasteiger charge is -2.29. The van der Waals surface area contributed by atoms with Crippen LogP contribution in [-0.4, -0.2) is 35.1 Å². The zero-order valence-electron chi connectivity index (χ0n) is 16.6. The van der Waals surface area contributed by atoms with Crippen LogP contribution in [0.3, 0.4) is 0 Å². The van der Waals surface area contributed by atoms with Crippen molar-refractivity contribution in [2.45, 2.75) is 39.1 Å². The molecule has 4 nitrogen and oxygen atoms in total. The Balaban J connectivity index is 2.06. The molecular formula is C22H27ClN2O2S. The maximum Gasteiger partial charge on any atom is 0.242 e. The first-order chi connectivity index (χ1) is 13.4. The molecule has 0 aliphatic heterocycles. The molecule has 2 rings (SSSR count). The van der Waals surface area contributed by atoms with Crippen LogP contribution in [0.2, 0.25) is 5.02 Å². The summed E-state index contributed by atoms with van der Waals surface area (Å²) in [4.78, 5) is 26.9. The Hall–Kier alpha value is -1.98. The van der Waals surface area contributed by atoms with Crippen LogP contribution in [0.4, 0.5) is 0 Å². The summed E-state index contributed by atoms with van der Waals surface area (Å²) >= 11 is 7.82. The molecule has 0 fully saturated rings. The minimum Gasteiger partial charge on any atom is -0.355 e. The SMILES string of the molecule is CCNC(=O)[C@@H](C)N(Cc1ccccc1Cl)C(=O)CSCc1ccc(C)cc1. The van der Waals surface area contributed by atoms with Gasteiger partial charge in [0.2, 0.25) is 11.8 Å². The number of likely N-dealkylation sites (N-methyl/N-ethyl adjacent to an activating group) is 1. The van der Waals surface area contributed by atoms with Gasteiger partial charge in [-0.2, -0.15) is 0 Å². The highest BCUT2D eigenvalue weighted by Crippen LogP contribution is 2.20. The molecule has 0 unspecified atom stereocenters. The van der Waals surface area contributed by atoms with Crippen molar-refractivity contribution in [2.24, 2.45) is 0 Å². The number of carbonyl (C=O) groups excluding carboxylic acids is 2. The molecule has 1 N–H and O–H groups in total. The van der Waals surface area contributed by atoms with Crippen molar-refractivity contribution in [3.8, 4) is 0 Å². The average molecular weight is 419 g/mol. The molecule has 2 aromatic rings. The van der Waals surface area contributed by atoms with E-state index >= 15 is 0 Å².